The second-order valence-electron chi connectivity index (χ2n) is 3.82. The Labute approximate surface area is 161 Å². The van der Waals surface area contributed by atoms with Gasteiger partial charge in [-0.15, -0.1) is 0 Å². The number of amides is 1. The van der Waals surface area contributed by atoms with Gasteiger partial charge in [-0.25, -0.2) is 4.79 Å². The van der Waals surface area contributed by atoms with Crippen molar-refractivity contribution in [2.45, 2.75) is 18.6 Å². The molecule has 0 saturated carbocycles. The van der Waals surface area contributed by atoms with Gasteiger partial charge in [0.15, 0.2) is 6.04 Å². The lowest BCUT2D eigenvalue weighted by Crippen LogP contribution is -2.44. The number of aliphatic hydroxyl groups is 1. The molecule has 0 aliphatic heterocycles. The monoisotopic (exact) mass is 573 g/mol. The highest BCUT2D eigenvalue weighted by Crippen LogP contribution is 2.65. The molecule has 1 amide bonds. The van der Waals surface area contributed by atoms with E-state index < -0.39 is 30.6 Å². The lowest BCUT2D eigenvalue weighted by atomic mass is 10.2. The molecule has 2 N–H and O–H groups in total. The van der Waals surface area contributed by atoms with Crippen LogP contribution in [0.1, 0.15) is 6.42 Å². The fourth-order valence-electron chi connectivity index (χ4n) is 1.30. The van der Waals surface area contributed by atoms with E-state index >= 15 is 0 Å². The van der Waals surface area contributed by atoms with Gasteiger partial charge in [0, 0.05) is 7.11 Å². The Morgan fingerprint density at radius 3 is 2.55 bits per heavy atom. The van der Waals surface area contributed by atoms with E-state index in [1.54, 1.807) is 17.5 Å². The Kier molecular flexibility index (Phi) is 14.3. The van der Waals surface area contributed by atoms with Crippen LogP contribution in [0.2, 0.25) is 0 Å². The molecular weight excluding hydrogens is 555 g/mol. The molecule has 6 nitrogen and oxygen atoms in total. The lowest BCUT2D eigenvalue weighted by Gasteiger charge is -2.16. The molecule has 0 aromatic rings. The fourth-order valence-corrected chi connectivity index (χ4v) is 4.41. The minimum absolute atomic E-state index is 0.0484. The number of hydrogen-bond donors (Lipinski definition) is 2. The van der Waals surface area contributed by atoms with Crippen molar-refractivity contribution >= 4 is 69.7 Å². The molecule has 0 aliphatic carbocycles. The molecule has 0 unspecified atom stereocenters. The molecule has 0 saturated heterocycles. The largest absolute Gasteiger partial charge is 0.467 e. The molecule has 10 heteroatoms. The topological polar surface area (TPSA) is 84.9 Å². The van der Waals surface area contributed by atoms with Crippen LogP contribution in [0.3, 0.4) is 0 Å². The molecule has 0 aromatic heterocycles. The van der Waals surface area contributed by atoms with Crippen molar-refractivity contribution in [1.82, 2.24) is 5.32 Å². The fraction of sp³-hybridized carbons (Fsp3) is 0.500. The zero-order valence-corrected chi connectivity index (χ0v) is 18.1. The molecule has 0 heterocycles. The van der Waals surface area contributed by atoms with Crippen LogP contribution in [-0.4, -0.2) is 50.0 Å². The quantitative estimate of drug-likeness (QED) is 0.181. The van der Waals surface area contributed by atoms with E-state index in [0.29, 0.717) is 0 Å². The highest BCUT2D eigenvalue weighted by Gasteiger charge is 2.21. The first-order valence-corrected chi connectivity index (χ1v) is 14.5. The number of rotatable bonds is 10. The zero-order valence-electron chi connectivity index (χ0n) is 12.1. The molecule has 0 spiro atoms. The maximum Gasteiger partial charge on any atom is 0.330 e. The van der Waals surface area contributed by atoms with Crippen LogP contribution in [0, 0.1) is 0 Å². The van der Waals surface area contributed by atoms with Crippen LogP contribution in [0.4, 0.5) is 0 Å². The Morgan fingerprint density at radius 2 is 2.05 bits per heavy atom. The molecule has 0 rings (SSSR count). The van der Waals surface area contributed by atoms with E-state index in [9.17, 15) is 9.59 Å². The second kappa shape index (κ2) is 14.0. The van der Waals surface area contributed by atoms with E-state index in [0.717, 1.165) is 0 Å². The van der Waals surface area contributed by atoms with E-state index in [-0.39, 0.29) is 8.83 Å². The number of methoxy groups -OCH3 is 2. The smallest absolute Gasteiger partial charge is 0.330 e. The zero-order chi connectivity index (χ0) is 17.0. The molecular formula is C12H18I2NO5PS. The van der Waals surface area contributed by atoms with Gasteiger partial charge in [-0.2, -0.15) is 0 Å². The number of aliphatic hydroxyl groups excluding tert-OH is 1. The third-order valence-corrected chi connectivity index (χ3v) is 7.72. The first-order valence-electron chi connectivity index (χ1n) is 6.07. The minimum Gasteiger partial charge on any atom is -0.467 e. The van der Waals surface area contributed by atoms with Crippen LogP contribution in [0.15, 0.2) is 23.6 Å². The Balaban J connectivity index is 4.36. The van der Waals surface area contributed by atoms with Crippen LogP contribution in [0.5, 0.6) is 0 Å². The Bertz CT molecular complexity index is 409. The van der Waals surface area contributed by atoms with Gasteiger partial charge in [0.1, 0.15) is 0 Å². The molecule has 2 atom stereocenters. The van der Waals surface area contributed by atoms with E-state index in [1.807, 2.05) is 17.6 Å². The van der Waals surface area contributed by atoms with Crippen molar-refractivity contribution in [2.75, 3.05) is 20.8 Å². The Morgan fingerprint density at radius 1 is 1.36 bits per heavy atom. The average molecular weight is 573 g/mol. The van der Waals surface area contributed by atoms with Crippen LogP contribution in [-0.2, 0) is 19.1 Å². The maximum atomic E-state index is 11.8. The van der Waals surface area contributed by atoms with Crippen molar-refractivity contribution in [2.24, 2.45) is 0 Å². The summed E-state index contributed by atoms with van der Waals surface area (Å²) in [7, 11) is 2.69. The molecule has 0 aromatic carbocycles. The number of allylic oxidation sites excluding steroid dienone is 2. The summed E-state index contributed by atoms with van der Waals surface area (Å²) in [6.07, 6.45) is 5.08. The van der Waals surface area contributed by atoms with Gasteiger partial charge in [-0.05, 0) is 49.5 Å². The number of halogens is 2. The third kappa shape index (κ3) is 11.2. The van der Waals surface area contributed by atoms with Gasteiger partial charge in [0.25, 0.3) is 0 Å². The maximum absolute atomic E-state index is 11.8. The van der Waals surface area contributed by atoms with Crippen molar-refractivity contribution < 1.29 is 24.2 Å². The predicted molar refractivity (Wildman–Crippen MR) is 107 cm³/mol. The normalized spacial score (nSPS) is 14.5. The summed E-state index contributed by atoms with van der Waals surface area (Å²) in [6.45, 7) is -0.512. The first kappa shape index (κ1) is 22.6. The van der Waals surface area contributed by atoms with Crippen molar-refractivity contribution in [3.05, 3.63) is 23.6 Å². The van der Waals surface area contributed by atoms with Crippen molar-refractivity contribution in [1.29, 1.82) is 0 Å². The lowest BCUT2D eigenvalue weighted by molar-refractivity contribution is -0.146. The summed E-state index contributed by atoms with van der Waals surface area (Å²) in [6, 6.07) is -1.05. The number of hydrogen-bond acceptors (Lipinski definition) is 6. The molecule has 0 aliphatic rings. The van der Waals surface area contributed by atoms with E-state index in [2.05, 4.69) is 54.1 Å². The summed E-state index contributed by atoms with van der Waals surface area (Å²) in [4.78, 5) is 23.1. The van der Waals surface area contributed by atoms with Gasteiger partial charge in [0.2, 0.25) is 5.91 Å². The minimum atomic E-state index is -1.05. The van der Waals surface area contributed by atoms with E-state index in [4.69, 9.17) is 9.84 Å². The van der Waals surface area contributed by atoms with Crippen molar-refractivity contribution in [3.8, 4) is 0 Å². The molecule has 0 fully saturated rings. The van der Waals surface area contributed by atoms with Crippen LogP contribution >= 0.6 is 57.9 Å². The third-order valence-electron chi connectivity index (χ3n) is 2.35. The van der Waals surface area contributed by atoms with Gasteiger partial charge in [-0.1, -0.05) is 29.6 Å². The summed E-state index contributed by atoms with van der Waals surface area (Å²) in [5.74, 6) is -1.09. The number of carbonyl (C=O) groups excluding carboxylic acids is 2. The first-order chi connectivity index (χ1) is 10.4. The van der Waals surface area contributed by atoms with Gasteiger partial charge >= 0.3 is 5.97 Å². The molecule has 0 bridgehead atoms. The van der Waals surface area contributed by atoms with Gasteiger partial charge in [-0.3, -0.25) is 4.79 Å². The number of esters is 1. The summed E-state index contributed by atoms with van der Waals surface area (Å²) in [5, 5.41) is 13.4. The highest BCUT2D eigenvalue weighted by atomic mass is 127. The standard InChI is InChI=1S/C12H18I2NO5PS/c1-19-9(5-3-4-6-22-21(13)14)7-11(17)15-10(8-16)12(18)20-2/h3-6,9-10,16H,7-8H2,1-2H3,(H,15,17)/b5-3+,6-4-/t9-,10-/m0/s1. The summed E-state index contributed by atoms with van der Waals surface area (Å²) < 4.78 is 9.56. The van der Waals surface area contributed by atoms with Crippen LogP contribution < -0.4 is 5.32 Å². The average Bonchev–Trinajstić information content (AvgIpc) is 2.49. The van der Waals surface area contributed by atoms with Crippen molar-refractivity contribution in [3.63, 3.8) is 0 Å². The van der Waals surface area contributed by atoms with Crippen LogP contribution in [0.25, 0.3) is 0 Å². The summed E-state index contributed by atoms with van der Waals surface area (Å²) in [5.41, 5.74) is 0. The van der Waals surface area contributed by atoms with E-state index in [1.165, 1.54) is 14.2 Å². The SMILES string of the molecule is COC(=O)[C@H](CO)NC(=O)C[C@H](/C=C/C=C\SP(I)I)OC. The molecule has 0 radical (unpaired) electrons. The number of ether oxygens (including phenoxy) is 2. The van der Waals surface area contributed by atoms with Gasteiger partial charge < -0.3 is 19.9 Å². The number of nitrogens with one attached hydrogen (secondary N) is 1. The molecule has 22 heavy (non-hydrogen) atoms. The second-order valence-corrected chi connectivity index (χ2v) is 21.7. The summed E-state index contributed by atoms with van der Waals surface area (Å²) >= 11 is 6.44. The Hall–Kier alpha value is 0.580. The molecule has 126 valence electrons. The predicted octanol–water partition coefficient (Wildman–Crippen LogP) is 2.94. The van der Waals surface area contributed by atoms with Gasteiger partial charge in [0.05, 0.1) is 28.6 Å². The highest BCUT2D eigenvalue weighted by molar-refractivity contribution is 14.3. The number of carbonyl (C=O) groups is 2.